The molecule has 0 aliphatic heterocycles. The fourth-order valence-corrected chi connectivity index (χ4v) is 2.62. The van der Waals surface area contributed by atoms with E-state index in [1.807, 2.05) is 0 Å². The lowest BCUT2D eigenvalue weighted by Crippen LogP contribution is -2.33. The van der Waals surface area contributed by atoms with Crippen molar-refractivity contribution in [3.63, 3.8) is 0 Å². The summed E-state index contributed by atoms with van der Waals surface area (Å²) in [6.07, 6.45) is 0.0232. The molecule has 0 bridgehead atoms. The lowest BCUT2D eigenvalue weighted by atomic mass is 9.84. The highest BCUT2D eigenvalue weighted by molar-refractivity contribution is 9.11. The van der Waals surface area contributed by atoms with Crippen LogP contribution >= 0.6 is 31.9 Å². The molecule has 1 aromatic rings. The number of amides is 1. The van der Waals surface area contributed by atoms with Gasteiger partial charge in [-0.15, -0.1) is 0 Å². The van der Waals surface area contributed by atoms with Crippen molar-refractivity contribution >= 4 is 49.2 Å². The van der Waals surface area contributed by atoms with E-state index in [0.717, 1.165) is 4.47 Å². The van der Waals surface area contributed by atoms with E-state index in [0.29, 0.717) is 15.7 Å². The van der Waals surface area contributed by atoms with Gasteiger partial charge in [-0.3, -0.25) is 9.59 Å². The van der Waals surface area contributed by atoms with Gasteiger partial charge >= 0.3 is 0 Å². The van der Waals surface area contributed by atoms with Crippen LogP contribution in [0.15, 0.2) is 21.1 Å². The average Bonchev–Trinajstić information content (AvgIpc) is 2.22. The Balaban J connectivity index is 3.09. The van der Waals surface area contributed by atoms with Gasteiger partial charge < -0.3 is 11.5 Å². The number of halogens is 2. The molecule has 1 rings (SSSR count). The van der Waals surface area contributed by atoms with Gasteiger partial charge in [0, 0.05) is 20.9 Å². The lowest BCUT2D eigenvalue weighted by Gasteiger charge is -2.19. The van der Waals surface area contributed by atoms with E-state index in [-0.39, 0.29) is 12.2 Å². The Morgan fingerprint density at radius 2 is 1.83 bits per heavy atom. The normalized spacial score (nSPS) is 11.3. The van der Waals surface area contributed by atoms with Crippen LogP contribution in [0.4, 0.5) is 5.69 Å². The van der Waals surface area contributed by atoms with Crippen molar-refractivity contribution in [2.45, 2.75) is 20.3 Å². The molecule has 4 N–H and O–H groups in total. The van der Waals surface area contributed by atoms with Crippen molar-refractivity contribution < 1.29 is 9.59 Å². The Hall–Kier alpha value is -0.880. The van der Waals surface area contributed by atoms with Crippen LogP contribution in [0.3, 0.4) is 0 Å². The SMILES string of the molecule is CC(C)(CC(=O)c1cc(Br)cc(Br)c1N)C(N)=O. The quantitative estimate of drug-likeness (QED) is 0.624. The van der Waals surface area contributed by atoms with Crippen LogP contribution in [0.25, 0.3) is 0 Å². The summed E-state index contributed by atoms with van der Waals surface area (Å²) in [5.41, 5.74) is 11.0. The molecule has 18 heavy (non-hydrogen) atoms. The van der Waals surface area contributed by atoms with Crippen LogP contribution in [0.1, 0.15) is 30.6 Å². The number of hydrogen-bond donors (Lipinski definition) is 2. The van der Waals surface area contributed by atoms with Crippen LogP contribution in [0.2, 0.25) is 0 Å². The highest BCUT2D eigenvalue weighted by Gasteiger charge is 2.29. The molecule has 0 spiro atoms. The molecule has 6 heteroatoms. The molecule has 0 fully saturated rings. The van der Waals surface area contributed by atoms with Crippen molar-refractivity contribution in [1.29, 1.82) is 0 Å². The Morgan fingerprint density at radius 1 is 1.28 bits per heavy atom. The number of Topliss-reactive ketones (excluding diaryl/α,β-unsaturated/α-hetero) is 1. The largest absolute Gasteiger partial charge is 0.397 e. The van der Waals surface area contributed by atoms with E-state index in [1.165, 1.54) is 0 Å². The first kappa shape index (κ1) is 15.2. The molecule has 0 saturated carbocycles. The maximum Gasteiger partial charge on any atom is 0.223 e. The zero-order chi connectivity index (χ0) is 14.1. The Labute approximate surface area is 122 Å². The second-order valence-electron chi connectivity index (χ2n) is 4.70. The van der Waals surface area contributed by atoms with Crippen LogP contribution in [0, 0.1) is 5.41 Å². The third-order valence-corrected chi connectivity index (χ3v) is 3.78. The minimum atomic E-state index is -0.891. The molecule has 1 aromatic carbocycles. The monoisotopic (exact) mass is 376 g/mol. The van der Waals surface area contributed by atoms with Gasteiger partial charge in [0.25, 0.3) is 0 Å². The van der Waals surface area contributed by atoms with E-state index in [4.69, 9.17) is 11.5 Å². The number of nitrogen functional groups attached to an aromatic ring is 1. The molecule has 0 saturated heterocycles. The summed E-state index contributed by atoms with van der Waals surface area (Å²) < 4.78 is 1.38. The minimum absolute atomic E-state index is 0.0232. The van der Waals surface area contributed by atoms with Crippen molar-refractivity contribution in [2.75, 3.05) is 5.73 Å². The summed E-state index contributed by atoms with van der Waals surface area (Å²) in [5.74, 6) is -0.721. The lowest BCUT2D eigenvalue weighted by molar-refractivity contribution is -0.125. The van der Waals surface area contributed by atoms with Crippen LogP contribution in [0.5, 0.6) is 0 Å². The summed E-state index contributed by atoms with van der Waals surface area (Å²) in [6, 6.07) is 3.39. The number of hydrogen-bond acceptors (Lipinski definition) is 3. The predicted octanol–water partition coefficient (Wildman–Crippen LogP) is 2.88. The van der Waals surface area contributed by atoms with Crippen LogP contribution in [-0.2, 0) is 4.79 Å². The maximum absolute atomic E-state index is 12.2. The van der Waals surface area contributed by atoms with Crippen LogP contribution < -0.4 is 11.5 Å². The molecule has 98 valence electrons. The van der Waals surface area contributed by atoms with Gasteiger partial charge in [0.05, 0.1) is 11.1 Å². The third-order valence-electron chi connectivity index (χ3n) is 2.66. The summed E-state index contributed by atoms with van der Waals surface area (Å²) >= 11 is 6.57. The average molecular weight is 378 g/mol. The first-order chi connectivity index (χ1) is 8.15. The van der Waals surface area contributed by atoms with Crippen molar-refractivity contribution in [3.05, 3.63) is 26.6 Å². The number of carbonyl (C=O) groups excluding carboxylic acids is 2. The summed E-state index contributed by atoms with van der Waals surface area (Å²) in [5, 5.41) is 0. The Bertz CT molecular complexity index is 513. The fraction of sp³-hybridized carbons (Fsp3) is 0.333. The Morgan fingerprint density at radius 3 is 2.33 bits per heavy atom. The van der Waals surface area contributed by atoms with Gasteiger partial charge in [-0.2, -0.15) is 0 Å². The van der Waals surface area contributed by atoms with E-state index in [9.17, 15) is 9.59 Å². The van der Waals surface area contributed by atoms with Gasteiger partial charge in [0.2, 0.25) is 5.91 Å². The molecule has 0 unspecified atom stereocenters. The number of primary amides is 1. The summed E-state index contributed by atoms with van der Waals surface area (Å²) in [4.78, 5) is 23.4. The fourth-order valence-electron chi connectivity index (χ4n) is 1.40. The molecular formula is C12H14Br2N2O2. The molecular weight excluding hydrogens is 364 g/mol. The smallest absolute Gasteiger partial charge is 0.223 e. The molecule has 0 radical (unpaired) electrons. The van der Waals surface area contributed by atoms with Gasteiger partial charge in [0.15, 0.2) is 5.78 Å². The second-order valence-corrected chi connectivity index (χ2v) is 6.47. The summed E-state index contributed by atoms with van der Waals surface area (Å²) in [6.45, 7) is 3.27. The molecule has 4 nitrogen and oxygen atoms in total. The Kier molecular flexibility index (Phi) is 4.55. The topological polar surface area (TPSA) is 86.2 Å². The molecule has 0 aromatic heterocycles. The van der Waals surface area contributed by atoms with Crippen molar-refractivity contribution in [2.24, 2.45) is 11.1 Å². The first-order valence-electron chi connectivity index (χ1n) is 5.23. The van der Waals surface area contributed by atoms with Gasteiger partial charge in [-0.1, -0.05) is 29.8 Å². The van der Waals surface area contributed by atoms with Gasteiger partial charge in [-0.05, 0) is 28.1 Å². The number of rotatable bonds is 4. The second kappa shape index (κ2) is 5.40. The zero-order valence-corrected chi connectivity index (χ0v) is 13.3. The highest BCUT2D eigenvalue weighted by atomic mass is 79.9. The maximum atomic E-state index is 12.2. The number of benzene rings is 1. The summed E-state index contributed by atoms with van der Waals surface area (Å²) in [7, 11) is 0. The number of anilines is 1. The van der Waals surface area contributed by atoms with Crippen LogP contribution in [-0.4, -0.2) is 11.7 Å². The third kappa shape index (κ3) is 3.32. The molecule has 0 atom stereocenters. The first-order valence-corrected chi connectivity index (χ1v) is 6.81. The minimum Gasteiger partial charge on any atom is -0.397 e. The van der Waals surface area contributed by atoms with Crippen molar-refractivity contribution in [3.8, 4) is 0 Å². The van der Waals surface area contributed by atoms with E-state index in [1.54, 1.807) is 26.0 Å². The van der Waals surface area contributed by atoms with E-state index >= 15 is 0 Å². The zero-order valence-electron chi connectivity index (χ0n) is 10.1. The van der Waals surface area contributed by atoms with E-state index in [2.05, 4.69) is 31.9 Å². The highest BCUT2D eigenvalue weighted by Crippen LogP contribution is 2.31. The van der Waals surface area contributed by atoms with Crippen molar-refractivity contribution in [1.82, 2.24) is 0 Å². The number of carbonyl (C=O) groups is 2. The van der Waals surface area contributed by atoms with E-state index < -0.39 is 11.3 Å². The number of nitrogens with two attached hydrogens (primary N) is 2. The standard InChI is InChI=1S/C12H14Br2N2O2/c1-12(2,11(16)18)5-9(17)7-3-6(13)4-8(14)10(7)15/h3-4H,5,15H2,1-2H3,(H2,16,18). The predicted molar refractivity (Wildman–Crippen MR) is 78.2 cm³/mol. The number of ketones is 1. The van der Waals surface area contributed by atoms with Gasteiger partial charge in [-0.25, -0.2) is 0 Å². The van der Waals surface area contributed by atoms with Gasteiger partial charge in [0.1, 0.15) is 0 Å². The molecule has 0 aliphatic carbocycles. The molecule has 0 heterocycles. The molecule has 0 aliphatic rings. The molecule has 1 amide bonds.